The lowest BCUT2D eigenvalue weighted by molar-refractivity contribution is -0.131. The zero-order chi connectivity index (χ0) is 26.6. The molecule has 13 heteroatoms. The third-order valence-electron chi connectivity index (χ3n) is 6.43. The molecule has 4 rings (SSSR count). The first kappa shape index (κ1) is 26.0. The lowest BCUT2D eigenvalue weighted by Crippen LogP contribution is -2.58. The highest BCUT2D eigenvalue weighted by molar-refractivity contribution is 6.02. The van der Waals surface area contributed by atoms with Crippen molar-refractivity contribution in [3.8, 4) is 0 Å². The summed E-state index contributed by atoms with van der Waals surface area (Å²) in [5.74, 6) is -1.71. The first-order chi connectivity index (χ1) is 17.6. The molecule has 0 radical (unpaired) electrons. The molecule has 2 aliphatic rings. The van der Waals surface area contributed by atoms with Crippen LogP contribution in [0.2, 0.25) is 0 Å². The van der Waals surface area contributed by atoms with Crippen LogP contribution in [0.25, 0.3) is 0 Å². The van der Waals surface area contributed by atoms with Gasteiger partial charge in [-0.15, -0.1) is 10.2 Å². The van der Waals surface area contributed by atoms with Gasteiger partial charge in [0.2, 0.25) is 11.8 Å². The Morgan fingerprint density at radius 2 is 1.84 bits per heavy atom. The third kappa shape index (κ3) is 6.04. The number of hydrogen-bond donors (Lipinski definition) is 5. The number of Topliss-reactive ketones (excluding diaryl/α,β-unsaturated/α-hetero) is 1. The van der Waals surface area contributed by atoms with E-state index in [4.69, 9.17) is 4.74 Å². The van der Waals surface area contributed by atoms with Crippen molar-refractivity contribution in [2.45, 2.75) is 76.1 Å². The van der Waals surface area contributed by atoms with Crippen molar-refractivity contribution in [1.82, 2.24) is 36.6 Å². The number of tetrazole rings is 1. The molecular weight excluding hydrogens is 480 g/mol. The SMILES string of the molecule is CC(C)(C)OC(=O)NC1(C(=O)NCC(=O)C2c3ccccc3NC2C(=O)NCc2nn[nH]n2)CCCC1. The second kappa shape index (κ2) is 10.5. The Kier molecular flexibility index (Phi) is 7.41. The molecule has 1 saturated carbocycles. The highest BCUT2D eigenvalue weighted by Crippen LogP contribution is 2.37. The largest absolute Gasteiger partial charge is 0.444 e. The van der Waals surface area contributed by atoms with E-state index in [2.05, 4.69) is 41.9 Å². The summed E-state index contributed by atoms with van der Waals surface area (Å²) < 4.78 is 5.35. The molecule has 2 unspecified atom stereocenters. The normalized spacial score (nSPS) is 19.9. The summed E-state index contributed by atoms with van der Waals surface area (Å²) in [4.78, 5) is 52.1. The molecule has 13 nitrogen and oxygen atoms in total. The van der Waals surface area contributed by atoms with Gasteiger partial charge in [0, 0.05) is 5.69 Å². The number of aromatic amines is 1. The van der Waals surface area contributed by atoms with E-state index in [-0.39, 0.29) is 18.9 Å². The number of carbonyl (C=O) groups excluding carboxylic acids is 4. The first-order valence-electron chi connectivity index (χ1n) is 12.3. The summed E-state index contributed by atoms with van der Waals surface area (Å²) in [7, 11) is 0. The zero-order valence-electron chi connectivity index (χ0n) is 21.1. The van der Waals surface area contributed by atoms with Crippen molar-refractivity contribution >= 4 is 29.4 Å². The van der Waals surface area contributed by atoms with Crippen molar-refractivity contribution in [3.05, 3.63) is 35.7 Å². The van der Waals surface area contributed by atoms with Crippen LogP contribution in [0, 0.1) is 0 Å². The topological polar surface area (TPSA) is 180 Å². The average Bonchev–Trinajstić information content (AvgIpc) is 3.59. The van der Waals surface area contributed by atoms with Gasteiger partial charge < -0.3 is 26.0 Å². The van der Waals surface area contributed by atoms with Gasteiger partial charge >= 0.3 is 6.09 Å². The number of anilines is 1. The second-order valence-electron chi connectivity index (χ2n) is 10.3. The number of nitrogens with zero attached hydrogens (tertiary/aromatic N) is 3. The smallest absolute Gasteiger partial charge is 0.408 e. The minimum atomic E-state index is -1.14. The highest BCUT2D eigenvalue weighted by Gasteiger charge is 2.45. The lowest BCUT2D eigenvalue weighted by Gasteiger charge is -2.30. The van der Waals surface area contributed by atoms with E-state index >= 15 is 0 Å². The Labute approximate surface area is 213 Å². The molecule has 1 aromatic carbocycles. The fourth-order valence-electron chi connectivity index (χ4n) is 4.77. The first-order valence-corrected chi connectivity index (χ1v) is 12.3. The van der Waals surface area contributed by atoms with Gasteiger partial charge in [-0.1, -0.05) is 36.3 Å². The number of H-pyrrole nitrogens is 1. The van der Waals surface area contributed by atoms with Crippen molar-refractivity contribution in [2.75, 3.05) is 11.9 Å². The Hall–Kier alpha value is -4.03. The van der Waals surface area contributed by atoms with Crippen LogP contribution in [-0.2, 0) is 25.7 Å². The van der Waals surface area contributed by atoms with Gasteiger partial charge in [0.25, 0.3) is 0 Å². The number of para-hydroxylation sites is 1. The number of amides is 3. The Morgan fingerprint density at radius 1 is 1.11 bits per heavy atom. The summed E-state index contributed by atoms with van der Waals surface area (Å²) in [5, 5.41) is 24.6. The van der Waals surface area contributed by atoms with Crippen LogP contribution in [0.3, 0.4) is 0 Å². The highest BCUT2D eigenvalue weighted by atomic mass is 16.6. The van der Waals surface area contributed by atoms with Crippen LogP contribution in [0.5, 0.6) is 0 Å². The number of fused-ring (bicyclic) bond motifs is 1. The molecule has 198 valence electrons. The molecule has 5 N–H and O–H groups in total. The number of ketones is 1. The van der Waals surface area contributed by atoms with Gasteiger partial charge in [0.15, 0.2) is 11.6 Å². The molecule has 1 aromatic heterocycles. The van der Waals surface area contributed by atoms with Crippen LogP contribution in [-0.4, -0.2) is 68.0 Å². The summed E-state index contributed by atoms with van der Waals surface area (Å²) in [5.41, 5.74) is -0.511. The van der Waals surface area contributed by atoms with Gasteiger partial charge in [-0.3, -0.25) is 14.4 Å². The van der Waals surface area contributed by atoms with Gasteiger partial charge in [0.1, 0.15) is 17.2 Å². The molecule has 37 heavy (non-hydrogen) atoms. The van der Waals surface area contributed by atoms with Gasteiger partial charge in [-0.05, 0) is 45.2 Å². The van der Waals surface area contributed by atoms with Crippen molar-refractivity contribution < 1.29 is 23.9 Å². The predicted molar refractivity (Wildman–Crippen MR) is 131 cm³/mol. The Bertz CT molecular complexity index is 1150. The van der Waals surface area contributed by atoms with E-state index in [1.807, 2.05) is 0 Å². The van der Waals surface area contributed by atoms with E-state index in [0.717, 1.165) is 12.8 Å². The molecule has 2 atom stereocenters. The number of carbonyl (C=O) groups is 4. The zero-order valence-corrected chi connectivity index (χ0v) is 21.1. The minimum absolute atomic E-state index is 0.0420. The molecule has 0 bridgehead atoms. The number of aromatic nitrogens is 4. The van der Waals surface area contributed by atoms with Crippen LogP contribution >= 0.6 is 0 Å². The number of benzene rings is 1. The maximum Gasteiger partial charge on any atom is 0.408 e. The van der Waals surface area contributed by atoms with Crippen LogP contribution in [0.1, 0.15) is 63.8 Å². The van der Waals surface area contributed by atoms with Crippen molar-refractivity contribution in [1.29, 1.82) is 0 Å². The molecule has 1 fully saturated rings. The fraction of sp³-hybridized carbons (Fsp3) is 0.542. The Morgan fingerprint density at radius 3 is 2.51 bits per heavy atom. The van der Waals surface area contributed by atoms with E-state index in [0.29, 0.717) is 29.9 Å². The molecular formula is C24H32N8O5. The van der Waals surface area contributed by atoms with E-state index in [1.54, 1.807) is 45.0 Å². The standard InChI is InChI=1S/C24H32N8O5/c1-23(2,3)37-22(36)28-24(10-6-7-11-24)21(35)26-12-16(33)18-14-8-4-5-9-15(14)27-19(18)20(34)25-13-17-29-31-32-30-17/h4-5,8-9,18-19,27H,6-7,10-13H2,1-3H3,(H,25,34)(H,26,35)(H,28,36)(H,29,30,31,32). The quantitative estimate of drug-likeness (QED) is 0.344. The molecule has 1 aliphatic heterocycles. The fourth-order valence-corrected chi connectivity index (χ4v) is 4.77. The van der Waals surface area contributed by atoms with Crippen molar-refractivity contribution in [3.63, 3.8) is 0 Å². The minimum Gasteiger partial charge on any atom is -0.444 e. The molecule has 0 saturated heterocycles. The Balaban J connectivity index is 1.43. The predicted octanol–water partition coefficient (Wildman–Crippen LogP) is 0.917. The lowest BCUT2D eigenvalue weighted by atomic mass is 9.89. The summed E-state index contributed by atoms with van der Waals surface area (Å²) in [6, 6.07) is 6.28. The summed E-state index contributed by atoms with van der Waals surface area (Å²) >= 11 is 0. The molecule has 1 aliphatic carbocycles. The summed E-state index contributed by atoms with van der Waals surface area (Å²) in [6.07, 6.45) is 1.74. The number of ether oxygens (including phenoxy) is 1. The molecule has 0 spiro atoms. The van der Waals surface area contributed by atoms with Crippen LogP contribution in [0.15, 0.2) is 24.3 Å². The average molecular weight is 513 g/mol. The van der Waals surface area contributed by atoms with Crippen LogP contribution < -0.4 is 21.3 Å². The number of rotatable bonds is 8. The third-order valence-corrected chi connectivity index (χ3v) is 6.43. The second-order valence-corrected chi connectivity index (χ2v) is 10.3. The number of nitrogens with one attached hydrogen (secondary N) is 5. The van der Waals surface area contributed by atoms with Gasteiger partial charge in [-0.2, -0.15) is 5.21 Å². The van der Waals surface area contributed by atoms with Gasteiger partial charge in [0.05, 0.1) is 19.0 Å². The van der Waals surface area contributed by atoms with Gasteiger partial charge in [-0.25, -0.2) is 4.79 Å². The van der Waals surface area contributed by atoms with E-state index in [1.165, 1.54) is 0 Å². The molecule has 2 heterocycles. The number of hydrogen-bond acceptors (Lipinski definition) is 9. The molecule has 3 amide bonds. The molecule has 2 aromatic rings. The number of alkyl carbamates (subject to hydrolysis) is 1. The maximum absolute atomic E-state index is 13.4. The van der Waals surface area contributed by atoms with Crippen LogP contribution in [0.4, 0.5) is 10.5 Å². The van der Waals surface area contributed by atoms with E-state index < -0.39 is 41.0 Å². The monoisotopic (exact) mass is 512 g/mol. The summed E-state index contributed by atoms with van der Waals surface area (Å²) in [6.45, 7) is 4.98. The van der Waals surface area contributed by atoms with Crippen molar-refractivity contribution in [2.24, 2.45) is 0 Å². The maximum atomic E-state index is 13.4. The van der Waals surface area contributed by atoms with E-state index in [9.17, 15) is 19.2 Å².